The van der Waals surface area contributed by atoms with Gasteiger partial charge in [0.15, 0.2) is 0 Å². The number of hydrogen-bond acceptors (Lipinski definition) is 5. The highest BCUT2D eigenvalue weighted by atomic mass is 16.6. The van der Waals surface area contributed by atoms with E-state index in [2.05, 4.69) is 4.90 Å². The zero-order valence-corrected chi connectivity index (χ0v) is 14.6. The summed E-state index contributed by atoms with van der Waals surface area (Å²) in [5, 5.41) is 20.8. The molecule has 1 aromatic rings. The molecule has 1 aliphatic carbocycles. The summed E-state index contributed by atoms with van der Waals surface area (Å²) >= 11 is 0. The van der Waals surface area contributed by atoms with Crippen molar-refractivity contribution in [3.05, 3.63) is 33.9 Å². The van der Waals surface area contributed by atoms with E-state index < -0.39 is 16.3 Å². The van der Waals surface area contributed by atoms with Gasteiger partial charge in [0.1, 0.15) is 5.75 Å². The number of carboxylic acid groups (broad SMARTS) is 1. The van der Waals surface area contributed by atoms with Crippen LogP contribution in [0.3, 0.4) is 0 Å². The van der Waals surface area contributed by atoms with Crippen LogP contribution in [0.5, 0.6) is 5.75 Å². The molecule has 2 fully saturated rings. The Kier molecular flexibility index (Phi) is 4.69. The highest BCUT2D eigenvalue weighted by Crippen LogP contribution is 2.49. The maximum absolute atomic E-state index is 11.8. The fourth-order valence-electron chi connectivity index (χ4n) is 4.28. The van der Waals surface area contributed by atoms with Crippen LogP contribution in [0.2, 0.25) is 0 Å². The molecular weight excluding hydrogens is 324 g/mol. The lowest BCUT2D eigenvalue weighted by Gasteiger charge is -2.24. The summed E-state index contributed by atoms with van der Waals surface area (Å²) in [5.41, 5.74) is 0.113. The molecular formula is C18H24N2O5. The summed E-state index contributed by atoms with van der Waals surface area (Å²) in [6.45, 7) is 5.50. The Bertz CT molecular complexity index is 690. The zero-order chi connectivity index (χ0) is 18.2. The van der Waals surface area contributed by atoms with Gasteiger partial charge in [0.25, 0.3) is 5.69 Å². The Morgan fingerprint density at radius 1 is 1.52 bits per heavy atom. The predicted molar refractivity (Wildman–Crippen MR) is 91.5 cm³/mol. The van der Waals surface area contributed by atoms with E-state index >= 15 is 0 Å². The number of carbonyl (C=O) groups is 1. The second kappa shape index (κ2) is 6.63. The molecule has 1 aliphatic heterocycles. The van der Waals surface area contributed by atoms with Crippen molar-refractivity contribution in [2.24, 2.45) is 11.3 Å². The lowest BCUT2D eigenvalue weighted by molar-refractivity contribution is -0.385. The monoisotopic (exact) mass is 348 g/mol. The summed E-state index contributed by atoms with van der Waals surface area (Å²) in [7, 11) is 0. The van der Waals surface area contributed by atoms with E-state index in [1.165, 1.54) is 6.07 Å². The van der Waals surface area contributed by atoms with E-state index in [0.29, 0.717) is 25.3 Å². The molecule has 0 amide bonds. The van der Waals surface area contributed by atoms with Crippen LogP contribution in [-0.4, -0.2) is 40.1 Å². The molecule has 3 rings (SSSR count). The molecule has 0 radical (unpaired) electrons. The van der Waals surface area contributed by atoms with Crippen LogP contribution in [0.1, 0.15) is 38.7 Å². The van der Waals surface area contributed by atoms with Crippen molar-refractivity contribution in [1.82, 2.24) is 4.90 Å². The molecule has 0 aromatic heterocycles. The molecule has 1 heterocycles. The van der Waals surface area contributed by atoms with Crippen LogP contribution in [-0.2, 0) is 11.3 Å². The Hall–Kier alpha value is -2.15. The molecule has 25 heavy (non-hydrogen) atoms. The number of non-ortho nitro benzene ring substituents is 1. The first kappa shape index (κ1) is 17.7. The Morgan fingerprint density at radius 2 is 2.28 bits per heavy atom. The number of rotatable bonds is 6. The molecule has 0 spiro atoms. The third-order valence-corrected chi connectivity index (χ3v) is 5.38. The van der Waals surface area contributed by atoms with Crippen molar-refractivity contribution in [3.8, 4) is 5.75 Å². The number of ether oxygens (including phenoxy) is 1. The topological polar surface area (TPSA) is 92.9 Å². The van der Waals surface area contributed by atoms with Gasteiger partial charge in [-0.15, -0.1) is 0 Å². The van der Waals surface area contributed by atoms with Crippen LogP contribution in [0.15, 0.2) is 18.2 Å². The molecule has 7 nitrogen and oxygen atoms in total. The average molecular weight is 348 g/mol. The van der Waals surface area contributed by atoms with Crippen LogP contribution in [0.4, 0.5) is 5.69 Å². The lowest BCUT2D eigenvalue weighted by atomic mass is 9.81. The van der Waals surface area contributed by atoms with Gasteiger partial charge >= 0.3 is 5.97 Å². The third-order valence-electron chi connectivity index (χ3n) is 5.38. The molecule has 7 heteroatoms. The van der Waals surface area contributed by atoms with Crippen LogP contribution in [0.25, 0.3) is 0 Å². The van der Waals surface area contributed by atoms with Gasteiger partial charge in [-0.25, -0.2) is 0 Å². The maximum Gasteiger partial charge on any atom is 0.311 e. The van der Waals surface area contributed by atoms with Gasteiger partial charge < -0.3 is 9.84 Å². The molecule has 1 aromatic carbocycles. The zero-order valence-electron chi connectivity index (χ0n) is 14.6. The number of carboxylic acids is 1. The number of hydrogen-bond donors (Lipinski definition) is 1. The van der Waals surface area contributed by atoms with Gasteiger partial charge in [-0.3, -0.25) is 19.8 Å². The van der Waals surface area contributed by atoms with Crippen molar-refractivity contribution >= 4 is 11.7 Å². The highest BCUT2D eigenvalue weighted by molar-refractivity contribution is 5.76. The van der Waals surface area contributed by atoms with E-state index in [9.17, 15) is 20.0 Å². The molecule has 136 valence electrons. The van der Waals surface area contributed by atoms with Crippen LogP contribution in [0, 0.1) is 21.4 Å². The Balaban J connectivity index is 1.83. The van der Waals surface area contributed by atoms with Crippen LogP contribution >= 0.6 is 0 Å². The third kappa shape index (κ3) is 3.33. The molecule has 0 unspecified atom stereocenters. The number of nitro groups is 1. The van der Waals surface area contributed by atoms with Gasteiger partial charge in [-0.1, -0.05) is 6.42 Å². The van der Waals surface area contributed by atoms with Gasteiger partial charge in [0.05, 0.1) is 16.4 Å². The number of nitro benzene ring substituents is 1. The molecule has 1 saturated heterocycles. The minimum Gasteiger partial charge on any atom is -0.491 e. The second-order valence-corrected chi connectivity index (χ2v) is 7.44. The molecule has 1 saturated carbocycles. The summed E-state index contributed by atoms with van der Waals surface area (Å²) in [5.74, 6) is 0.0791. The van der Waals surface area contributed by atoms with E-state index in [1.807, 2.05) is 13.8 Å². The minimum atomic E-state index is -0.713. The predicted octanol–water partition coefficient (Wildman–Crippen LogP) is 3.07. The normalized spacial score (nSPS) is 26.0. The number of likely N-dealkylation sites (tertiary alicyclic amines) is 1. The molecule has 2 atom stereocenters. The average Bonchev–Trinajstić information content (AvgIpc) is 3.06. The fraction of sp³-hybridized carbons (Fsp3) is 0.611. The summed E-state index contributed by atoms with van der Waals surface area (Å²) in [6.07, 6.45) is 2.58. The quantitative estimate of drug-likeness (QED) is 0.627. The summed E-state index contributed by atoms with van der Waals surface area (Å²) in [6, 6.07) is 4.62. The van der Waals surface area contributed by atoms with E-state index in [4.69, 9.17) is 4.74 Å². The Labute approximate surface area is 146 Å². The van der Waals surface area contributed by atoms with E-state index in [0.717, 1.165) is 24.9 Å². The van der Waals surface area contributed by atoms with Crippen molar-refractivity contribution in [3.63, 3.8) is 0 Å². The van der Waals surface area contributed by atoms with Crippen molar-refractivity contribution < 1.29 is 19.6 Å². The van der Waals surface area contributed by atoms with Crippen LogP contribution < -0.4 is 4.74 Å². The first-order valence-corrected chi connectivity index (χ1v) is 8.71. The summed E-state index contributed by atoms with van der Waals surface area (Å²) in [4.78, 5) is 24.6. The smallest absolute Gasteiger partial charge is 0.311 e. The first-order chi connectivity index (χ1) is 11.8. The molecule has 2 aliphatic rings. The number of nitrogens with zero attached hydrogens (tertiary/aromatic N) is 2. The fourth-order valence-corrected chi connectivity index (χ4v) is 4.28. The molecule has 0 bridgehead atoms. The summed E-state index contributed by atoms with van der Waals surface area (Å²) < 4.78 is 5.79. The van der Waals surface area contributed by atoms with E-state index in [1.54, 1.807) is 12.1 Å². The number of benzene rings is 1. The number of fused-ring (bicyclic) bond motifs is 1. The van der Waals surface area contributed by atoms with Crippen molar-refractivity contribution in [2.45, 2.75) is 45.8 Å². The van der Waals surface area contributed by atoms with Crippen molar-refractivity contribution in [1.29, 1.82) is 0 Å². The lowest BCUT2D eigenvalue weighted by Crippen LogP contribution is -2.35. The molecule has 1 N–H and O–H groups in total. The number of aliphatic carboxylic acids is 1. The van der Waals surface area contributed by atoms with Gasteiger partial charge in [0.2, 0.25) is 0 Å². The standard InChI is InChI=1S/C18H24N2O5/c1-12(2)25-16-6-5-15(20(23)24)8-13(16)9-19-10-14-4-3-7-18(14,11-19)17(21)22/h5-6,8,12,14H,3-4,7,9-11H2,1-2H3,(H,21,22)/t14-,18+/m0/s1. The highest BCUT2D eigenvalue weighted by Gasteiger charge is 2.54. The first-order valence-electron chi connectivity index (χ1n) is 8.71. The second-order valence-electron chi connectivity index (χ2n) is 7.44. The SMILES string of the molecule is CC(C)Oc1ccc([N+](=O)[O-])cc1CN1C[C@@H]2CCC[C@@]2(C(=O)O)C1. The maximum atomic E-state index is 11.8. The van der Waals surface area contributed by atoms with Gasteiger partial charge in [-0.2, -0.15) is 0 Å². The van der Waals surface area contributed by atoms with Gasteiger partial charge in [-0.05, 0) is 38.7 Å². The minimum absolute atomic E-state index is 0.0263. The van der Waals surface area contributed by atoms with Crippen molar-refractivity contribution in [2.75, 3.05) is 13.1 Å². The van der Waals surface area contributed by atoms with Gasteiger partial charge in [0, 0.05) is 37.3 Å². The van der Waals surface area contributed by atoms with E-state index in [-0.39, 0.29) is 17.7 Å². The Morgan fingerprint density at radius 3 is 2.88 bits per heavy atom. The largest absolute Gasteiger partial charge is 0.491 e.